The van der Waals surface area contributed by atoms with Crippen LogP contribution in [0.15, 0.2) is 43.0 Å². The monoisotopic (exact) mass is 275 g/mol. The first-order chi connectivity index (χ1) is 9.75. The minimum Gasteiger partial charge on any atom is -0.492 e. The molecule has 1 heterocycles. The Hall–Kier alpha value is -2.34. The van der Waals surface area contributed by atoms with E-state index in [9.17, 15) is 4.79 Å². The third-order valence-electron chi connectivity index (χ3n) is 2.75. The van der Waals surface area contributed by atoms with Crippen molar-refractivity contribution in [1.29, 1.82) is 0 Å². The molecule has 6 nitrogen and oxygen atoms in total. The van der Waals surface area contributed by atoms with Crippen molar-refractivity contribution in [2.75, 3.05) is 19.7 Å². The molecule has 0 bridgehead atoms. The predicted molar refractivity (Wildman–Crippen MR) is 74.0 cm³/mol. The second-order valence-corrected chi connectivity index (χ2v) is 4.23. The molecule has 20 heavy (non-hydrogen) atoms. The standard InChI is InChI=1S/C14H17N3O3/c18-14(19)12-1-3-13(4-2-12)20-10-7-15-5-8-17-9-6-16-11-17/h1-4,6,9,11,15H,5,7-8,10H2,(H,18,19). The molecule has 0 radical (unpaired) electrons. The van der Waals surface area contributed by atoms with Gasteiger partial charge in [-0.3, -0.25) is 0 Å². The van der Waals surface area contributed by atoms with E-state index in [4.69, 9.17) is 9.84 Å². The molecule has 0 atom stereocenters. The summed E-state index contributed by atoms with van der Waals surface area (Å²) >= 11 is 0. The molecule has 106 valence electrons. The van der Waals surface area contributed by atoms with Crippen LogP contribution in [0.2, 0.25) is 0 Å². The van der Waals surface area contributed by atoms with Gasteiger partial charge in [0, 0.05) is 32.0 Å². The van der Waals surface area contributed by atoms with Crippen molar-refractivity contribution in [2.45, 2.75) is 6.54 Å². The van der Waals surface area contributed by atoms with Crippen LogP contribution in [0.3, 0.4) is 0 Å². The summed E-state index contributed by atoms with van der Waals surface area (Å²) < 4.78 is 7.50. The molecule has 6 heteroatoms. The Kier molecular flexibility index (Phi) is 5.14. The number of benzene rings is 1. The first-order valence-corrected chi connectivity index (χ1v) is 6.38. The van der Waals surface area contributed by atoms with E-state index in [0.29, 0.717) is 12.4 Å². The number of hydrogen-bond acceptors (Lipinski definition) is 4. The zero-order chi connectivity index (χ0) is 14.2. The van der Waals surface area contributed by atoms with Crippen molar-refractivity contribution in [2.24, 2.45) is 0 Å². The molecule has 0 saturated carbocycles. The van der Waals surface area contributed by atoms with E-state index in [1.807, 2.05) is 10.8 Å². The van der Waals surface area contributed by atoms with Crippen LogP contribution < -0.4 is 10.1 Å². The number of ether oxygens (including phenoxy) is 1. The molecule has 1 aromatic heterocycles. The number of carboxylic acids is 1. The molecule has 0 aliphatic carbocycles. The number of imidazole rings is 1. The van der Waals surface area contributed by atoms with Gasteiger partial charge in [-0.2, -0.15) is 0 Å². The summed E-state index contributed by atoms with van der Waals surface area (Å²) in [4.78, 5) is 14.6. The Morgan fingerprint density at radius 1 is 1.30 bits per heavy atom. The van der Waals surface area contributed by atoms with Gasteiger partial charge in [0.15, 0.2) is 0 Å². The highest BCUT2D eigenvalue weighted by Crippen LogP contribution is 2.11. The fourth-order valence-electron chi connectivity index (χ4n) is 1.69. The van der Waals surface area contributed by atoms with Gasteiger partial charge in [-0.05, 0) is 24.3 Å². The minimum atomic E-state index is -0.933. The first-order valence-electron chi connectivity index (χ1n) is 6.38. The Balaban J connectivity index is 1.59. The summed E-state index contributed by atoms with van der Waals surface area (Å²) in [5.74, 6) is -0.260. The summed E-state index contributed by atoms with van der Waals surface area (Å²) in [6.07, 6.45) is 5.45. The normalized spacial score (nSPS) is 10.4. The van der Waals surface area contributed by atoms with Crippen molar-refractivity contribution in [3.63, 3.8) is 0 Å². The lowest BCUT2D eigenvalue weighted by Crippen LogP contribution is -2.24. The van der Waals surface area contributed by atoms with Crippen LogP contribution in [0, 0.1) is 0 Å². The van der Waals surface area contributed by atoms with Gasteiger partial charge < -0.3 is 19.7 Å². The zero-order valence-electron chi connectivity index (χ0n) is 11.0. The summed E-state index contributed by atoms with van der Waals surface area (Å²) in [5.41, 5.74) is 0.260. The van der Waals surface area contributed by atoms with Crippen LogP contribution >= 0.6 is 0 Å². The van der Waals surface area contributed by atoms with Crippen LogP contribution in [0.25, 0.3) is 0 Å². The van der Waals surface area contributed by atoms with E-state index in [2.05, 4.69) is 10.3 Å². The Bertz CT molecular complexity index is 523. The van der Waals surface area contributed by atoms with E-state index >= 15 is 0 Å². The molecule has 2 N–H and O–H groups in total. The molecule has 0 unspecified atom stereocenters. The van der Waals surface area contributed by atoms with Gasteiger partial charge in [0.25, 0.3) is 0 Å². The van der Waals surface area contributed by atoms with E-state index in [0.717, 1.165) is 19.6 Å². The highest BCUT2D eigenvalue weighted by molar-refractivity contribution is 5.87. The third kappa shape index (κ3) is 4.40. The van der Waals surface area contributed by atoms with Crippen LogP contribution in [-0.4, -0.2) is 40.3 Å². The SMILES string of the molecule is O=C(O)c1ccc(OCCNCCn2ccnc2)cc1. The largest absolute Gasteiger partial charge is 0.492 e. The summed E-state index contributed by atoms with van der Waals surface area (Å²) in [5, 5.41) is 12.0. The van der Waals surface area contributed by atoms with Crippen molar-refractivity contribution >= 4 is 5.97 Å². The van der Waals surface area contributed by atoms with Crippen molar-refractivity contribution < 1.29 is 14.6 Å². The van der Waals surface area contributed by atoms with E-state index in [1.54, 1.807) is 24.7 Å². The van der Waals surface area contributed by atoms with E-state index < -0.39 is 5.97 Å². The van der Waals surface area contributed by atoms with Crippen LogP contribution in [0.4, 0.5) is 0 Å². The molecule has 0 spiro atoms. The Labute approximate surface area is 117 Å². The van der Waals surface area contributed by atoms with Gasteiger partial charge in [0.1, 0.15) is 12.4 Å². The van der Waals surface area contributed by atoms with Crippen LogP contribution in [-0.2, 0) is 6.54 Å². The maximum absolute atomic E-state index is 10.7. The maximum Gasteiger partial charge on any atom is 0.335 e. The third-order valence-corrected chi connectivity index (χ3v) is 2.75. The number of nitrogens with one attached hydrogen (secondary N) is 1. The lowest BCUT2D eigenvalue weighted by molar-refractivity contribution is 0.0697. The molecular formula is C14H17N3O3. The van der Waals surface area contributed by atoms with Gasteiger partial charge in [-0.1, -0.05) is 0 Å². The van der Waals surface area contributed by atoms with E-state index in [1.165, 1.54) is 12.1 Å². The Morgan fingerprint density at radius 3 is 2.75 bits per heavy atom. The molecule has 2 rings (SSSR count). The number of aromatic carboxylic acids is 1. The molecule has 0 amide bonds. The van der Waals surface area contributed by atoms with E-state index in [-0.39, 0.29) is 5.56 Å². The highest BCUT2D eigenvalue weighted by atomic mass is 16.5. The molecule has 1 aromatic carbocycles. The zero-order valence-corrected chi connectivity index (χ0v) is 11.0. The van der Waals surface area contributed by atoms with Crippen molar-refractivity contribution in [1.82, 2.24) is 14.9 Å². The van der Waals surface area contributed by atoms with Crippen molar-refractivity contribution in [3.8, 4) is 5.75 Å². The maximum atomic E-state index is 10.7. The summed E-state index contributed by atoms with van der Waals surface area (Å²) in [6.45, 7) is 2.98. The second kappa shape index (κ2) is 7.30. The lowest BCUT2D eigenvalue weighted by atomic mass is 10.2. The first kappa shape index (κ1) is 14.1. The average molecular weight is 275 g/mol. The smallest absolute Gasteiger partial charge is 0.335 e. The van der Waals surface area contributed by atoms with Gasteiger partial charge >= 0.3 is 5.97 Å². The number of carboxylic acid groups (broad SMARTS) is 1. The summed E-state index contributed by atoms with van der Waals surface area (Å²) in [7, 11) is 0. The molecule has 0 aliphatic rings. The molecule has 0 aliphatic heterocycles. The van der Waals surface area contributed by atoms with Gasteiger partial charge in [0.05, 0.1) is 11.9 Å². The van der Waals surface area contributed by atoms with Gasteiger partial charge in [0.2, 0.25) is 0 Å². The molecular weight excluding hydrogens is 258 g/mol. The topological polar surface area (TPSA) is 76.4 Å². The quantitative estimate of drug-likeness (QED) is 0.709. The number of rotatable bonds is 8. The number of nitrogens with zero attached hydrogens (tertiary/aromatic N) is 2. The fraction of sp³-hybridized carbons (Fsp3) is 0.286. The highest BCUT2D eigenvalue weighted by Gasteiger charge is 2.01. The van der Waals surface area contributed by atoms with Crippen LogP contribution in [0.1, 0.15) is 10.4 Å². The molecule has 0 saturated heterocycles. The van der Waals surface area contributed by atoms with Crippen LogP contribution in [0.5, 0.6) is 5.75 Å². The molecule has 2 aromatic rings. The number of hydrogen-bond donors (Lipinski definition) is 2. The number of aromatic nitrogens is 2. The Morgan fingerprint density at radius 2 is 2.10 bits per heavy atom. The average Bonchev–Trinajstić information content (AvgIpc) is 2.96. The van der Waals surface area contributed by atoms with Gasteiger partial charge in [-0.15, -0.1) is 0 Å². The summed E-state index contributed by atoms with van der Waals surface area (Å²) in [6, 6.07) is 6.39. The fourth-order valence-corrected chi connectivity index (χ4v) is 1.69. The lowest BCUT2D eigenvalue weighted by Gasteiger charge is -2.08. The predicted octanol–water partition coefficient (Wildman–Crippen LogP) is 1.25. The minimum absolute atomic E-state index is 0.260. The van der Waals surface area contributed by atoms with Gasteiger partial charge in [-0.25, -0.2) is 9.78 Å². The van der Waals surface area contributed by atoms with Crippen molar-refractivity contribution in [3.05, 3.63) is 48.5 Å². The number of carbonyl (C=O) groups is 1. The second-order valence-electron chi connectivity index (χ2n) is 4.23. The molecule has 0 fully saturated rings.